The molecule has 1 aliphatic heterocycles. The molecule has 0 bridgehead atoms. The minimum atomic E-state index is 0.0404. The third-order valence-corrected chi connectivity index (χ3v) is 3.91. The van der Waals surface area contributed by atoms with E-state index in [1.807, 2.05) is 25.1 Å². The van der Waals surface area contributed by atoms with Gasteiger partial charge in [0.25, 0.3) is 5.91 Å². The molecule has 1 fully saturated rings. The molecule has 0 aromatic heterocycles. The van der Waals surface area contributed by atoms with Gasteiger partial charge in [0.2, 0.25) is 0 Å². The number of hydrogen-bond donors (Lipinski definition) is 2. The molecule has 1 aromatic carbocycles. The maximum atomic E-state index is 12.2. The monoisotopic (exact) mass is 246 g/mol. The van der Waals surface area contributed by atoms with Crippen LogP contribution in [-0.2, 0) is 0 Å². The number of piperidine rings is 1. The average Bonchev–Trinajstić information content (AvgIpc) is 2.35. The Hall–Kier alpha value is -1.35. The van der Waals surface area contributed by atoms with Crippen molar-refractivity contribution in [2.75, 3.05) is 13.1 Å². The van der Waals surface area contributed by atoms with Crippen LogP contribution in [0, 0.1) is 19.8 Å². The van der Waals surface area contributed by atoms with Gasteiger partial charge in [0, 0.05) is 18.2 Å². The van der Waals surface area contributed by atoms with Gasteiger partial charge < -0.3 is 10.6 Å². The lowest BCUT2D eigenvalue weighted by Gasteiger charge is -2.30. The summed E-state index contributed by atoms with van der Waals surface area (Å²) in [4.78, 5) is 12.2. The van der Waals surface area contributed by atoms with Crippen molar-refractivity contribution in [2.24, 2.45) is 5.92 Å². The summed E-state index contributed by atoms with van der Waals surface area (Å²) in [5.41, 5.74) is 3.15. The predicted molar refractivity (Wildman–Crippen MR) is 73.8 cm³/mol. The Morgan fingerprint density at radius 3 is 2.78 bits per heavy atom. The fourth-order valence-electron chi connectivity index (χ4n) is 2.32. The number of nitrogens with one attached hydrogen (secondary N) is 2. The molecule has 0 radical (unpaired) electrons. The molecule has 1 heterocycles. The van der Waals surface area contributed by atoms with Crippen molar-refractivity contribution < 1.29 is 4.79 Å². The van der Waals surface area contributed by atoms with Crippen molar-refractivity contribution in [1.82, 2.24) is 10.6 Å². The topological polar surface area (TPSA) is 41.1 Å². The standard InChI is InChI=1S/C15H22N2O/c1-10-4-5-13(8-12(10)3)15(18)17-14-9-16-7-6-11(14)2/h4-5,8,11,14,16H,6-7,9H2,1-3H3,(H,17,18)/t11-,14-/m1/s1. The Kier molecular flexibility index (Phi) is 4.02. The Bertz CT molecular complexity index is 442. The van der Waals surface area contributed by atoms with Gasteiger partial charge in [-0.05, 0) is 56.0 Å². The van der Waals surface area contributed by atoms with Crippen LogP contribution in [0.4, 0.5) is 0 Å². The minimum Gasteiger partial charge on any atom is -0.348 e. The normalized spacial score (nSPS) is 23.7. The van der Waals surface area contributed by atoms with Gasteiger partial charge >= 0.3 is 0 Å². The molecular formula is C15H22N2O. The second-order valence-electron chi connectivity index (χ2n) is 5.35. The van der Waals surface area contributed by atoms with Gasteiger partial charge in [-0.3, -0.25) is 4.79 Å². The molecule has 2 rings (SSSR count). The number of carbonyl (C=O) groups excluding carboxylic acids is 1. The number of aryl methyl sites for hydroxylation is 2. The summed E-state index contributed by atoms with van der Waals surface area (Å²) in [6.07, 6.45) is 1.12. The van der Waals surface area contributed by atoms with E-state index in [1.54, 1.807) is 0 Å². The fraction of sp³-hybridized carbons (Fsp3) is 0.533. The van der Waals surface area contributed by atoms with E-state index in [0.717, 1.165) is 30.6 Å². The zero-order chi connectivity index (χ0) is 13.1. The highest BCUT2D eigenvalue weighted by Gasteiger charge is 2.22. The molecule has 1 aromatic rings. The number of hydrogen-bond acceptors (Lipinski definition) is 2. The Morgan fingerprint density at radius 2 is 2.11 bits per heavy atom. The Labute approximate surface area is 109 Å². The second-order valence-corrected chi connectivity index (χ2v) is 5.35. The van der Waals surface area contributed by atoms with Gasteiger partial charge in [0.05, 0.1) is 0 Å². The van der Waals surface area contributed by atoms with Gasteiger partial charge in [-0.2, -0.15) is 0 Å². The zero-order valence-electron chi connectivity index (χ0n) is 11.4. The molecule has 18 heavy (non-hydrogen) atoms. The summed E-state index contributed by atoms with van der Waals surface area (Å²) in [6, 6.07) is 6.12. The van der Waals surface area contributed by atoms with Gasteiger partial charge in [0.15, 0.2) is 0 Å². The highest BCUT2D eigenvalue weighted by Crippen LogP contribution is 2.13. The van der Waals surface area contributed by atoms with Gasteiger partial charge in [-0.15, -0.1) is 0 Å². The number of benzene rings is 1. The van der Waals surface area contributed by atoms with Crippen molar-refractivity contribution in [3.05, 3.63) is 34.9 Å². The Balaban J connectivity index is 2.04. The molecule has 0 spiro atoms. The summed E-state index contributed by atoms with van der Waals surface area (Å²) in [7, 11) is 0. The molecule has 0 unspecified atom stereocenters. The van der Waals surface area contributed by atoms with E-state index in [2.05, 4.69) is 24.5 Å². The Morgan fingerprint density at radius 1 is 1.33 bits per heavy atom. The highest BCUT2D eigenvalue weighted by molar-refractivity contribution is 5.94. The average molecular weight is 246 g/mol. The van der Waals surface area contributed by atoms with Crippen LogP contribution in [0.2, 0.25) is 0 Å². The van der Waals surface area contributed by atoms with Crippen LogP contribution >= 0.6 is 0 Å². The molecule has 3 nitrogen and oxygen atoms in total. The predicted octanol–water partition coefficient (Wildman–Crippen LogP) is 2.03. The first kappa shape index (κ1) is 13.1. The minimum absolute atomic E-state index is 0.0404. The van der Waals surface area contributed by atoms with Crippen LogP contribution in [0.25, 0.3) is 0 Å². The summed E-state index contributed by atoms with van der Waals surface area (Å²) < 4.78 is 0. The zero-order valence-corrected chi connectivity index (χ0v) is 11.4. The molecule has 3 heteroatoms. The lowest BCUT2D eigenvalue weighted by molar-refractivity contribution is 0.0915. The van der Waals surface area contributed by atoms with E-state index in [1.165, 1.54) is 5.56 Å². The molecule has 1 amide bonds. The molecule has 0 aliphatic carbocycles. The molecule has 98 valence electrons. The molecule has 1 aliphatic rings. The van der Waals surface area contributed by atoms with Crippen LogP contribution in [0.3, 0.4) is 0 Å². The maximum absolute atomic E-state index is 12.2. The van der Waals surface area contributed by atoms with Gasteiger partial charge in [-0.25, -0.2) is 0 Å². The number of rotatable bonds is 2. The molecule has 2 atom stereocenters. The van der Waals surface area contributed by atoms with Crippen LogP contribution in [0.5, 0.6) is 0 Å². The van der Waals surface area contributed by atoms with E-state index in [0.29, 0.717) is 5.92 Å². The fourth-order valence-corrected chi connectivity index (χ4v) is 2.32. The van der Waals surface area contributed by atoms with Crippen molar-refractivity contribution in [3.63, 3.8) is 0 Å². The summed E-state index contributed by atoms with van der Waals surface area (Å²) in [6.45, 7) is 8.22. The third-order valence-electron chi connectivity index (χ3n) is 3.91. The number of carbonyl (C=O) groups is 1. The highest BCUT2D eigenvalue weighted by atomic mass is 16.1. The summed E-state index contributed by atoms with van der Waals surface area (Å²) in [5.74, 6) is 0.584. The van der Waals surface area contributed by atoms with E-state index >= 15 is 0 Å². The van der Waals surface area contributed by atoms with Gasteiger partial charge in [0.1, 0.15) is 0 Å². The van der Waals surface area contributed by atoms with Crippen molar-refractivity contribution in [1.29, 1.82) is 0 Å². The van der Waals surface area contributed by atoms with Crippen LogP contribution in [-0.4, -0.2) is 25.0 Å². The maximum Gasteiger partial charge on any atom is 0.251 e. The second kappa shape index (κ2) is 5.53. The van der Waals surface area contributed by atoms with E-state index in [9.17, 15) is 4.79 Å². The lowest BCUT2D eigenvalue weighted by Crippen LogP contribution is -2.50. The number of amides is 1. The largest absolute Gasteiger partial charge is 0.348 e. The first-order valence-electron chi connectivity index (χ1n) is 6.67. The van der Waals surface area contributed by atoms with E-state index < -0.39 is 0 Å². The molecular weight excluding hydrogens is 224 g/mol. The summed E-state index contributed by atoms with van der Waals surface area (Å²) >= 11 is 0. The van der Waals surface area contributed by atoms with Crippen molar-refractivity contribution >= 4 is 5.91 Å². The smallest absolute Gasteiger partial charge is 0.251 e. The van der Waals surface area contributed by atoms with E-state index in [-0.39, 0.29) is 11.9 Å². The first-order chi connectivity index (χ1) is 8.58. The molecule has 0 saturated carbocycles. The van der Waals surface area contributed by atoms with Crippen LogP contribution in [0.1, 0.15) is 34.8 Å². The SMILES string of the molecule is Cc1ccc(C(=O)N[C@@H]2CNCC[C@H]2C)cc1C. The van der Waals surface area contributed by atoms with E-state index in [4.69, 9.17) is 0 Å². The quantitative estimate of drug-likeness (QED) is 0.838. The lowest BCUT2D eigenvalue weighted by atomic mass is 9.94. The molecule has 2 N–H and O–H groups in total. The van der Waals surface area contributed by atoms with Gasteiger partial charge in [-0.1, -0.05) is 13.0 Å². The molecule has 1 saturated heterocycles. The van der Waals surface area contributed by atoms with Crippen LogP contribution < -0.4 is 10.6 Å². The summed E-state index contributed by atoms with van der Waals surface area (Å²) in [5, 5.41) is 6.46. The third kappa shape index (κ3) is 2.91. The van der Waals surface area contributed by atoms with Crippen LogP contribution in [0.15, 0.2) is 18.2 Å². The first-order valence-corrected chi connectivity index (χ1v) is 6.67. The van der Waals surface area contributed by atoms with Crippen molar-refractivity contribution in [3.8, 4) is 0 Å². The van der Waals surface area contributed by atoms with Crippen molar-refractivity contribution in [2.45, 2.75) is 33.2 Å².